The number of nitrogens with zero attached hydrogens (tertiary/aromatic N) is 1. The molecular formula is C45H64N6O13S2. The third-order valence-corrected chi connectivity index (χ3v) is 14.1. The molecule has 19 nitrogen and oxygen atoms in total. The molecule has 5 atom stereocenters. The lowest BCUT2D eigenvalue weighted by Gasteiger charge is -2.36. The van der Waals surface area contributed by atoms with Crippen LogP contribution in [0.5, 0.6) is 0 Å². The second-order valence-corrected chi connectivity index (χ2v) is 18.3. The number of H-pyrrole nitrogens is 2. The maximum absolute atomic E-state index is 13.3. The Labute approximate surface area is 392 Å². The minimum atomic E-state index is -1.35. The monoisotopic (exact) mass is 960 g/mol. The van der Waals surface area contributed by atoms with Crippen molar-refractivity contribution in [3.63, 3.8) is 0 Å². The summed E-state index contributed by atoms with van der Waals surface area (Å²) in [6.45, 7) is 3.81. The first-order chi connectivity index (χ1) is 31.1. The molecular weight excluding hydrogens is 897 g/mol. The number of amides is 2. The molecule has 2 heterocycles. The Hall–Kier alpha value is -5.25. The van der Waals surface area contributed by atoms with E-state index in [1.54, 1.807) is 54.0 Å². The standard InChI is InChI=1S/C44H60N6O13S2.CH4/c1-3-28(42(57)58)24-64-34-11-12-35(34)65-25-31(22-32(52)15-18-61-17-14-26(2)51)39(54)46-16-19-62-20-21-63-36(53)13-10-33(43(59)60)48-40(55)29-7-4-27(5-8-29)6-9-30-23-47-38-37(30)41(56)50-44(45)49-38;/h4-5,7-8,23,28,31,33-35H,3,6,9-22,24-25H2,1-2H3,(H,46,54)(H,48,55)(H,57,58)(H,59,60)(H4,45,47,49,50,56);1H4/t28?,31?,33-,34?,35?;/m0./s1. The first-order valence-electron chi connectivity index (χ1n) is 21.7. The molecule has 66 heavy (non-hydrogen) atoms. The summed E-state index contributed by atoms with van der Waals surface area (Å²) in [7, 11) is 0. The molecule has 0 saturated heterocycles. The van der Waals surface area contributed by atoms with Crippen LogP contribution in [0.4, 0.5) is 5.95 Å². The number of carbonyl (C=O) groups excluding carboxylic acids is 5. The molecule has 364 valence electrons. The third-order valence-electron chi connectivity index (χ3n) is 10.8. The zero-order valence-corrected chi connectivity index (χ0v) is 38.4. The summed E-state index contributed by atoms with van der Waals surface area (Å²) < 4.78 is 16.1. The normalized spacial score (nSPS) is 15.7. The van der Waals surface area contributed by atoms with Crippen LogP contribution in [-0.2, 0) is 55.8 Å². The Balaban J connectivity index is 0.0000116. The summed E-state index contributed by atoms with van der Waals surface area (Å²) in [6, 6.07) is 5.23. The van der Waals surface area contributed by atoms with Gasteiger partial charge in [-0.15, -0.1) is 0 Å². The van der Waals surface area contributed by atoms with Gasteiger partial charge in [-0.05, 0) is 68.7 Å². The van der Waals surface area contributed by atoms with Crippen LogP contribution in [-0.4, -0.2) is 134 Å². The van der Waals surface area contributed by atoms with Gasteiger partial charge in [0.15, 0.2) is 0 Å². The number of aliphatic carboxylic acids is 2. The molecule has 0 radical (unpaired) electrons. The number of carboxylic acids is 2. The number of Topliss-reactive ketones (excluding diaryl/α,β-unsaturated/α-hetero) is 2. The Morgan fingerprint density at radius 2 is 1.55 bits per heavy atom. The summed E-state index contributed by atoms with van der Waals surface area (Å²) in [5, 5.41) is 25.3. The second-order valence-electron chi connectivity index (χ2n) is 15.7. The van der Waals surface area contributed by atoms with Crippen LogP contribution in [0.2, 0.25) is 0 Å². The number of aromatic nitrogens is 3. The highest BCUT2D eigenvalue weighted by molar-refractivity contribution is 8.04. The average molecular weight is 961 g/mol. The van der Waals surface area contributed by atoms with E-state index in [0.717, 1.165) is 24.0 Å². The molecule has 1 aliphatic carbocycles. The number of hydrogen-bond acceptors (Lipinski definition) is 15. The lowest BCUT2D eigenvalue weighted by atomic mass is 9.99. The largest absolute Gasteiger partial charge is 0.481 e. The first-order valence-corrected chi connectivity index (χ1v) is 23.8. The summed E-state index contributed by atoms with van der Waals surface area (Å²) in [5.74, 6) is -3.95. The van der Waals surface area contributed by atoms with Gasteiger partial charge in [0.1, 0.15) is 29.9 Å². The van der Waals surface area contributed by atoms with Crippen molar-refractivity contribution in [2.75, 3.05) is 56.8 Å². The van der Waals surface area contributed by atoms with Crippen molar-refractivity contribution in [2.24, 2.45) is 11.8 Å². The molecule has 1 fully saturated rings. The van der Waals surface area contributed by atoms with Crippen molar-refractivity contribution in [1.82, 2.24) is 25.6 Å². The van der Waals surface area contributed by atoms with E-state index in [0.29, 0.717) is 41.8 Å². The number of anilines is 1. The molecule has 0 aliphatic heterocycles. The Morgan fingerprint density at radius 3 is 2.18 bits per heavy atom. The van der Waals surface area contributed by atoms with Gasteiger partial charge in [-0.2, -0.15) is 28.5 Å². The number of rotatable bonds is 32. The topological polar surface area (TPSA) is 299 Å². The van der Waals surface area contributed by atoms with Crippen molar-refractivity contribution in [1.29, 1.82) is 0 Å². The van der Waals surface area contributed by atoms with Gasteiger partial charge in [0.05, 0.1) is 43.6 Å². The Morgan fingerprint density at radius 1 is 0.879 bits per heavy atom. The van der Waals surface area contributed by atoms with Gasteiger partial charge in [0.2, 0.25) is 11.9 Å². The number of fused-ring (bicyclic) bond motifs is 1. The number of nitrogens with two attached hydrogens (primary N) is 1. The van der Waals surface area contributed by atoms with E-state index in [1.807, 2.05) is 6.92 Å². The summed E-state index contributed by atoms with van der Waals surface area (Å²) in [4.78, 5) is 108. The van der Waals surface area contributed by atoms with Crippen molar-refractivity contribution < 1.29 is 58.0 Å². The van der Waals surface area contributed by atoms with Crippen LogP contribution >= 0.6 is 23.5 Å². The first kappa shape index (κ1) is 55.1. The number of esters is 1. The Bertz CT molecular complexity index is 2150. The van der Waals surface area contributed by atoms with Gasteiger partial charge in [0, 0.05) is 66.0 Å². The summed E-state index contributed by atoms with van der Waals surface area (Å²) in [6.07, 6.45) is 5.12. The van der Waals surface area contributed by atoms with Crippen LogP contribution in [0, 0.1) is 11.8 Å². The van der Waals surface area contributed by atoms with Crippen LogP contribution in [0.15, 0.2) is 35.3 Å². The quantitative estimate of drug-likeness (QED) is 0.0344. The number of aryl methyl sites for hydroxylation is 2. The van der Waals surface area contributed by atoms with Gasteiger partial charge in [-0.1, -0.05) is 26.5 Å². The van der Waals surface area contributed by atoms with E-state index in [4.69, 9.17) is 19.9 Å². The predicted octanol–water partition coefficient (Wildman–Crippen LogP) is 3.96. The number of ether oxygens (including phenoxy) is 3. The number of benzene rings is 1. The highest BCUT2D eigenvalue weighted by atomic mass is 32.2. The van der Waals surface area contributed by atoms with Crippen molar-refractivity contribution in [2.45, 2.75) is 102 Å². The van der Waals surface area contributed by atoms with Crippen LogP contribution in [0.3, 0.4) is 0 Å². The number of carboxylic acid groups (broad SMARTS) is 2. The number of ketones is 2. The minimum Gasteiger partial charge on any atom is -0.481 e. The van der Waals surface area contributed by atoms with Gasteiger partial charge in [-0.3, -0.25) is 38.5 Å². The molecule has 8 N–H and O–H groups in total. The van der Waals surface area contributed by atoms with Crippen molar-refractivity contribution in [3.8, 4) is 0 Å². The molecule has 0 bridgehead atoms. The summed E-state index contributed by atoms with van der Waals surface area (Å²) in [5.41, 5.74) is 7.52. The molecule has 0 spiro atoms. The number of nitrogens with one attached hydrogen (secondary N) is 4. The van der Waals surface area contributed by atoms with E-state index >= 15 is 0 Å². The second kappa shape index (κ2) is 28.7. The van der Waals surface area contributed by atoms with E-state index < -0.39 is 41.7 Å². The van der Waals surface area contributed by atoms with E-state index in [-0.39, 0.29) is 124 Å². The minimum absolute atomic E-state index is 0. The van der Waals surface area contributed by atoms with Gasteiger partial charge >= 0.3 is 17.9 Å². The number of aromatic amines is 2. The van der Waals surface area contributed by atoms with Gasteiger partial charge in [-0.25, -0.2) is 4.79 Å². The molecule has 1 aliphatic rings. The number of carbonyl (C=O) groups is 7. The number of nitrogen functional groups attached to an aromatic ring is 1. The van der Waals surface area contributed by atoms with Gasteiger partial charge < -0.3 is 45.8 Å². The Kier molecular flexibility index (Phi) is 24.0. The van der Waals surface area contributed by atoms with Crippen LogP contribution in [0.25, 0.3) is 11.0 Å². The maximum Gasteiger partial charge on any atom is 0.326 e. The number of thioether (sulfide) groups is 2. The third kappa shape index (κ3) is 18.6. The summed E-state index contributed by atoms with van der Waals surface area (Å²) >= 11 is 3.27. The molecule has 1 aromatic carbocycles. The molecule has 4 unspecified atom stereocenters. The fraction of sp³-hybridized carbons (Fsp3) is 0.578. The molecule has 4 rings (SSSR count). The maximum atomic E-state index is 13.3. The lowest BCUT2D eigenvalue weighted by molar-refractivity contribution is -0.146. The molecule has 2 aromatic heterocycles. The highest BCUT2D eigenvalue weighted by Crippen LogP contribution is 2.42. The smallest absolute Gasteiger partial charge is 0.326 e. The SMILES string of the molecule is C.CCC(CSC1CCC1SCC(CC(=O)CCOCCC(C)=O)C(=O)NCCOCCOC(=O)CC[C@H](NC(=O)c1ccc(CCc2c[nH]c3nc(N)[nH]c(=O)c23)cc1)C(=O)O)C(=O)O. The fourth-order valence-corrected chi connectivity index (χ4v) is 10.1. The zero-order valence-electron chi connectivity index (χ0n) is 36.7. The molecule has 1 saturated carbocycles. The van der Waals surface area contributed by atoms with E-state index in [9.17, 15) is 48.6 Å². The average Bonchev–Trinajstić information content (AvgIpc) is 3.67. The van der Waals surface area contributed by atoms with Crippen molar-refractivity contribution >= 4 is 81.8 Å². The number of hydrogen-bond donors (Lipinski definition) is 7. The van der Waals surface area contributed by atoms with Crippen LogP contribution < -0.4 is 21.9 Å². The molecule has 3 aromatic rings. The van der Waals surface area contributed by atoms with Gasteiger partial charge in [0.25, 0.3) is 11.5 Å². The predicted molar refractivity (Wildman–Crippen MR) is 252 cm³/mol. The van der Waals surface area contributed by atoms with Crippen LogP contribution in [0.1, 0.15) is 94.1 Å². The fourth-order valence-electron chi connectivity index (χ4n) is 6.73. The highest BCUT2D eigenvalue weighted by Gasteiger charge is 2.34. The zero-order chi connectivity index (χ0) is 47.3. The lowest BCUT2D eigenvalue weighted by Crippen LogP contribution is -2.41. The van der Waals surface area contributed by atoms with Crippen molar-refractivity contribution in [3.05, 3.63) is 57.5 Å². The van der Waals surface area contributed by atoms with E-state index in [2.05, 4.69) is 25.6 Å². The van der Waals surface area contributed by atoms with E-state index in [1.165, 1.54) is 6.92 Å². The molecule has 2 amide bonds. The molecule has 21 heteroatoms.